The summed E-state index contributed by atoms with van der Waals surface area (Å²) in [6.07, 6.45) is 3.54. The van der Waals surface area contributed by atoms with Gasteiger partial charge in [0, 0.05) is 13.1 Å². The van der Waals surface area contributed by atoms with Crippen LogP contribution in [0.25, 0.3) is 0 Å². The molecule has 64 valence electrons. The van der Waals surface area contributed by atoms with Crippen molar-refractivity contribution in [3.63, 3.8) is 0 Å². The van der Waals surface area contributed by atoms with Crippen LogP contribution in [0.1, 0.15) is 26.2 Å². The maximum absolute atomic E-state index is 10.8. The van der Waals surface area contributed by atoms with E-state index >= 15 is 0 Å². The van der Waals surface area contributed by atoms with Crippen LogP contribution in [0.4, 0.5) is 4.79 Å². The van der Waals surface area contributed by atoms with Crippen molar-refractivity contribution in [3.05, 3.63) is 0 Å². The van der Waals surface area contributed by atoms with Gasteiger partial charge in [-0.1, -0.05) is 6.92 Å². The Kier molecular flexibility index (Phi) is 2.74. The topological polar surface area (TPSA) is 46.3 Å². The molecule has 0 aliphatic heterocycles. The molecular weight excluding hydrogens is 140 g/mol. The molecule has 0 radical (unpaired) electrons. The number of rotatable bonds is 4. The normalized spacial score (nSPS) is 16.5. The number of carbonyl (C=O) groups excluding carboxylic acids is 1. The Morgan fingerprint density at radius 1 is 1.64 bits per heavy atom. The molecule has 0 aromatic heterocycles. The summed E-state index contributed by atoms with van der Waals surface area (Å²) in [6.45, 7) is 3.75. The molecule has 1 aliphatic rings. The maximum atomic E-state index is 10.8. The molecule has 0 aromatic carbocycles. The SMILES string of the molecule is CCCN(CC1CC1)C(N)=O. The quantitative estimate of drug-likeness (QED) is 0.653. The van der Waals surface area contributed by atoms with Gasteiger partial charge in [0.25, 0.3) is 0 Å². The number of hydrogen-bond acceptors (Lipinski definition) is 1. The van der Waals surface area contributed by atoms with Crippen LogP contribution >= 0.6 is 0 Å². The number of nitrogens with zero attached hydrogens (tertiary/aromatic N) is 1. The molecule has 0 bridgehead atoms. The third-order valence-corrected chi connectivity index (χ3v) is 1.98. The summed E-state index contributed by atoms with van der Waals surface area (Å²) in [4.78, 5) is 12.5. The van der Waals surface area contributed by atoms with E-state index in [1.54, 1.807) is 4.90 Å². The number of carbonyl (C=O) groups is 1. The minimum absolute atomic E-state index is 0.265. The van der Waals surface area contributed by atoms with Crippen molar-refractivity contribution >= 4 is 6.03 Å². The van der Waals surface area contributed by atoms with Gasteiger partial charge in [-0.15, -0.1) is 0 Å². The van der Waals surface area contributed by atoms with E-state index in [2.05, 4.69) is 6.92 Å². The lowest BCUT2D eigenvalue weighted by Gasteiger charge is -2.18. The monoisotopic (exact) mass is 156 g/mol. The van der Waals surface area contributed by atoms with Gasteiger partial charge in [-0.05, 0) is 25.2 Å². The van der Waals surface area contributed by atoms with Crippen molar-refractivity contribution in [3.8, 4) is 0 Å². The lowest BCUT2D eigenvalue weighted by Crippen LogP contribution is -2.37. The van der Waals surface area contributed by atoms with E-state index in [1.165, 1.54) is 12.8 Å². The highest BCUT2D eigenvalue weighted by atomic mass is 16.2. The Morgan fingerprint density at radius 3 is 2.64 bits per heavy atom. The second-order valence-corrected chi connectivity index (χ2v) is 3.23. The van der Waals surface area contributed by atoms with Gasteiger partial charge in [-0.25, -0.2) is 4.79 Å². The minimum atomic E-state index is -0.265. The highest BCUT2D eigenvalue weighted by molar-refractivity contribution is 5.71. The van der Waals surface area contributed by atoms with Crippen LogP contribution < -0.4 is 5.73 Å². The van der Waals surface area contributed by atoms with Crippen molar-refractivity contribution in [1.29, 1.82) is 0 Å². The highest BCUT2D eigenvalue weighted by Gasteiger charge is 2.25. The molecule has 2 amide bonds. The Bertz CT molecular complexity index is 143. The molecule has 1 fully saturated rings. The molecule has 1 rings (SSSR count). The van der Waals surface area contributed by atoms with Crippen molar-refractivity contribution in [1.82, 2.24) is 4.90 Å². The van der Waals surface area contributed by atoms with Gasteiger partial charge in [0.15, 0.2) is 0 Å². The van der Waals surface area contributed by atoms with Crippen molar-refractivity contribution in [2.75, 3.05) is 13.1 Å². The summed E-state index contributed by atoms with van der Waals surface area (Å²) in [5.74, 6) is 0.744. The second-order valence-electron chi connectivity index (χ2n) is 3.23. The van der Waals surface area contributed by atoms with Gasteiger partial charge in [-0.3, -0.25) is 0 Å². The zero-order chi connectivity index (χ0) is 8.27. The first-order chi connectivity index (χ1) is 5.24. The van der Waals surface area contributed by atoms with Crippen molar-refractivity contribution in [2.24, 2.45) is 11.7 Å². The molecule has 3 heteroatoms. The Balaban J connectivity index is 2.24. The Morgan fingerprint density at radius 2 is 2.27 bits per heavy atom. The standard InChI is InChI=1S/C8H16N2O/c1-2-5-10(8(9)11)6-7-3-4-7/h7H,2-6H2,1H3,(H2,9,11). The smallest absolute Gasteiger partial charge is 0.314 e. The molecular formula is C8H16N2O. The van der Waals surface area contributed by atoms with Gasteiger partial charge in [0.1, 0.15) is 0 Å². The summed E-state index contributed by atoms with van der Waals surface area (Å²) in [5, 5.41) is 0. The van der Waals surface area contributed by atoms with Crippen LogP contribution in [0, 0.1) is 5.92 Å². The van der Waals surface area contributed by atoms with Gasteiger partial charge in [0.05, 0.1) is 0 Å². The molecule has 3 nitrogen and oxygen atoms in total. The predicted molar refractivity (Wildman–Crippen MR) is 44.2 cm³/mol. The zero-order valence-electron chi connectivity index (χ0n) is 7.05. The van der Waals surface area contributed by atoms with E-state index in [1.807, 2.05) is 0 Å². The number of nitrogens with two attached hydrogens (primary N) is 1. The predicted octanol–water partition coefficient (Wildman–Crippen LogP) is 1.19. The van der Waals surface area contributed by atoms with Gasteiger partial charge in [-0.2, -0.15) is 0 Å². The fraction of sp³-hybridized carbons (Fsp3) is 0.875. The highest BCUT2D eigenvalue weighted by Crippen LogP contribution is 2.29. The lowest BCUT2D eigenvalue weighted by molar-refractivity contribution is 0.205. The average molecular weight is 156 g/mol. The van der Waals surface area contributed by atoms with Crippen LogP contribution in [0.15, 0.2) is 0 Å². The first-order valence-corrected chi connectivity index (χ1v) is 4.28. The minimum Gasteiger partial charge on any atom is -0.351 e. The van der Waals surface area contributed by atoms with Gasteiger partial charge < -0.3 is 10.6 Å². The molecule has 1 saturated carbocycles. The third kappa shape index (κ3) is 2.78. The van der Waals surface area contributed by atoms with Crippen molar-refractivity contribution < 1.29 is 4.79 Å². The van der Waals surface area contributed by atoms with Gasteiger partial charge in [0.2, 0.25) is 0 Å². The fourth-order valence-electron chi connectivity index (χ4n) is 1.17. The summed E-state index contributed by atoms with van der Waals surface area (Å²) in [5.41, 5.74) is 5.19. The van der Waals surface area contributed by atoms with E-state index in [0.717, 1.165) is 25.4 Å². The van der Waals surface area contributed by atoms with Crippen LogP contribution in [-0.2, 0) is 0 Å². The molecule has 0 atom stereocenters. The Hall–Kier alpha value is -0.730. The maximum Gasteiger partial charge on any atom is 0.314 e. The molecule has 1 aliphatic carbocycles. The summed E-state index contributed by atoms with van der Waals surface area (Å²) in [7, 11) is 0. The Labute approximate surface area is 67.5 Å². The van der Waals surface area contributed by atoms with Crippen LogP contribution in [0.3, 0.4) is 0 Å². The molecule has 2 N–H and O–H groups in total. The fourth-order valence-corrected chi connectivity index (χ4v) is 1.17. The van der Waals surface area contributed by atoms with Crippen LogP contribution in [0.5, 0.6) is 0 Å². The summed E-state index contributed by atoms with van der Waals surface area (Å²) in [6, 6.07) is -0.265. The lowest BCUT2D eigenvalue weighted by atomic mass is 10.3. The molecule has 0 spiro atoms. The van der Waals surface area contributed by atoms with E-state index < -0.39 is 0 Å². The first kappa shape index (κ1) is 8.37. The van der Waals surface area contributed by atoms with E-state index in [0.29, 0.717) is 0 Å². The number of hydrogen-bond donors (Lipinski definition) is 1. The molecule has 0 aromatic rings. The zero-order valence-corrected chi connectivity index (χ0v) is 7.05. The molecule has 11 heavy (non-hydrogen) atoms. The molecule has 0 saturated heterocycles. The molecule has 0 unspecified atom stereocenters. The first-order valence-electron chi connectivity index (χ1n) is 4.28. The van der Waals surface area contributed by atoms with Gasteiger partial charge >= 0.3 is 6.03 Å². The van der Waals surface area contributed by atoms with Crippen molar-refractivity contribution in [2.45, 2.75) is 26.2 Å². The number of amides is 2. The summed E-state index contributed by atoms with van der Waals surface area (Å²) < 4.78 is 0. The van der Waals surface area contributed by atoms with E-state index in [-0.39, 0.29) is 6.03 Å². The second kappa shape index (κ2) is 3.60. The number of urea groups is 1. The van der Waals surface area contributed by atoms with E-state index in [4.69, 9.17) is 5.73 Å². The van der Waals surface area contributed by atoms with Crippen LogP contribution in [-0.4, -0.2) is 24.0 Å². The van der Waals surface area contributed by atoms with E-state index in [9.17, 15) is 4.79 Å². The third-order valence-electron chi connectivity index (χ3n) is 1.98. The average Bonchev–Trinajstić information content (AvgIpc) is 2.70. The summed E-state index contributed by atoms with van der Waals surface area (Å²) >= 11 is 0. The van der Waals surface area contributed by atoms with Crippen LogP contribution in [0.2, 0.25) is 0 Å². The molecule has 0 heterocycles. The largest absolute Gasteiger partial charge is 0.351 e. The number of primary amides is 1.